The van der Waals surface area contributed by atoms with Gasteiger partial charge in [0.1, 0.15) is 11.1 Å². The van der Waals surface area contributed by atoms with Gasteiger partial charge in [-0.3, -0.25) is 9.59 Å². The second-order valence-electron chi connectivity index (χ2n) is 4.17. The summed E-state index contributed by atoms with van der Waals surface area (Å²) < 4.78 is 0. The van der Waals surface area contributed by atoms with Gasteiger partial charge in [0.2, 0.25) is 5.91 Å². The van der Waals surface area contributed by atoms with Crippen LogP contribution < -0.4 is 11.1 Å². The third-order valence-electron chi connectivity index (χ3n) is 2.36. The Morgan fingerprint density at radius 1 is 1.55 bits per heavy atom. The molecule has 0 aliphatic rings. The number of thioether (sulfide) groups is 1. The van der Waals surface area contributed by atoms with Crippen molar-refractivity contribution in [2.75, 3.05) is 0 Å². The number of rotatable bonds is 6. The molecule has 0 saturated heterocycles. The number of nitrogens with two attached hydrogens (primary N) is 1. The zero-order valence-electron chi connectivity index (χ0n) is 11.0. The topological polar surface area (TPSA) is 138 Å². The molecule has 0 aliphatic carbocycles. The van der Waals surface area contributed by atoms with Gasteiger partial charge in [0.25, 0.3) is 0 Å². The standard InChI is InChI=1S/C11H16N4O4S/c1-5(12)9(17)15-8(11(18)19)3-7-10(14-4-13-7)20-6(2)16/h4-5,8H,3,12H2,1-2H3,(H,13,14)(H,15,17)(H,18,19)/t5?,8-/m0/s1. The van der Waals surface area contributed by atoms with Crippen molar-refractivity contribution in [2.45, 2.75) is 37.4 Å². The van der Waals surface area contributed by atoms with E-state index in [-0.39, 0.29) is 11.5 Å². The van der Waals surface area contributed by atoms with Crippen molar-refractivity contribution in [1.82, 2.24) is 15.3 Å². The minimum Gasteiger partial charge on any atom is -0.480 e. The molecule has 1 unspecified atom stereocenters. The van der Waals surface area contributed by atoms with E-state index in [1.807, 2.05) is 0 Å². The molecule has 1 heterocycles. The SMILES string of the molecule is CC(=O)Sc1nc[nH]c1C[C@H](NC(=O)C(C)N)C(=O)O. The summed E-state index contributed by atoms with van der Waals surface area (Å²) in [6, 6.07) is -1.94. The fourth-order valence-electron chi connectivity index (χ4n) is 1.39. The number of carboxylic acids is 1. The van der Waals surface area contributed by atoms with Gasteiger partial charge >= 0.3 is 5.97 Å². The highest BCUT2D eigenvalue weighted by atomic mass is 32.2. The van der Waals surface area contributed by atoms with Crippen LogP contribution in [0.3, 0.4) is 0 Å². The van der Waals surface area contributed by atoms with Crippen LogP contribution in [0.15, 0.2) is 11.4 Å². The average molecular weight is 300 g/mol. The number of aromatic amines is 1. The molecule has 0 aliphatic heterocycles. The van der Waals surface area contributed by atoms with Gasteiger partial charge in [0.05, 0.1) is 18.1 Å². The first kappa shape index (κ1) is 16.2. The number of imidazole rings is 1. The van der Waals surface area contributed by atoms with Crippen LogP contribution in [0.5, 0.6) is 0 Å². The normalized spacial score (nSPS) is 13.6. The molecule has 0 radical (unpaired) electrons. The van der Waals surface area contributed by atoms with Gasteiger partial charge in [-0.2, -0.15) is 0 Å². The molecule has 5 N–H and O–H groups in total. The summed E-state index contributed by atoms with van der Waals surface area (Å²) in [5, 5.41) is 11.7. The van der Waals surface area contributed by atoms with Crippen LogP contribution in [0, 0.1) is 0 Å². The quantitative estimate of drug-likeness (QED) is 0.520. The van der Waals surface area contributed by atoms with Gasteiger partial charge in [-0.15, -0.1) is 0 Å². The number of nitrogens with one attached hydrogen (secondary N) is 2. The summed E-state index contributed by atoms with van der Waals surface area (Å²) in [7, 11) is 0. The second kappa shape index (κ2) is 7.06. The lowest BCUT2D eigenvalue weighted by Crippen LogP contribution is -2.48. The maximum atomic E-state index is 11.5. The Hall–Kier alpha value is -1.87. The molecule has 110 valence electrons. The summed E-state index contributed by atoms with van der Waals surface area (Å²) in [6.07, 6.45) is 1.36. The lowest BCUT2D eigenvalue weighted by molar-refractivity contribution is -0.141. The summed E-state index contributed by atoms with van der Waals surface area (Å²) in [5.74, 6) is -1.75. The molecule has 0 saturated carbocycles. The molecule has 0 fully saturated rings. The van der Waals surface area contributed by atoms with Gasteiger partial charge in [-0.25, -0.2) is 9.78 Å². The summed E-state index contributed by atoms with van der Waals surface area (Å²) in [6.45, 7) is 2.84. The van der Waals surface area contributed by atoms with Gasteiger partial charge < -0.3 is 21.1 Å². The van der Waals surface area contributed by atoms with Crippen molar-refractivity contribution < 1.29 is 19.5 Å². The lowest BCUT2D eigenvalue weighted by atomic mass is 10.1. The third kappa shape index (κ3) is 4.67. The molecule has 0 aromatic carbocycles. The van der Waals surface area contributed by atoms with Crippen molar-refractivity contribution in [2.24, 2.45) is 5.73 Å². The third-order valence-corrected chi connectivity index (χ3v) is 3.19. The monoisotopic (exact) mass is 300 g/mol. The fraction of sp³-hybridized carbons (Fsp3) is 0.455. The van der Waals surface area contributed by atoms with Crippen LogP contribution in [0.4, 0.5) is 0 Å². The molecule has 2 atom stereocenters. The number of H-pyrrole nitrogens is 1. The maximum absolute atomic E-state index is 11.5. The molecule has 8 nitrogen and oxygen atoms in total. The lowest BCUT2D eigenvalue weighted by Gasteiger charge is -2.15. The first-order valence-corrected chi connectivity index (χ1v) is 6.62. The van der Waals surface area contributed by atoms with Crippen LogP contribution in [0.2, 0.25) is 0 Å². The van der Waals surface area contributed by atoms with Crippen LogP contribution in [0.1, 0.15) is 19.5 Å². The predicted octanol–water partition coefficient (Wildman–Crippen LogP) is -0.493. The van der Waals surface area contributed by atoms with E-state index >= 15 is 0 Å². The number of hydrogen-bond acceptors (Lipinski definition) is 6. The number of hydrogen-bond donors (Lipinski definition) is 4. The van der Waals surface area contributed by atoms with Crippen LogP contribution in [0.25, 0.3) is 0 Å². The molecule has 20 heavy (non-hydrogen) atoms. The van der Waals surface area contributed by atoms with E-state index in [9.17, 15) is 14.4 Å². The summed E-state index contributed by atoms with van der Waals surface area (Å²) in [4.78, 5) is 40.4. The number of nitrogens with zero attached hydrogens (tertiary/aromatic N) is 1. The molecule has 1 aromatic rings. The first-order chi connectivity index (χ1) is 9.31. The van der Waals surface area contributed by atoms with E-state index in [0.29, 0.717) is 10.7 Å². The minimum absolute atomic E-state index is 0.0105. The molecular weight excluding hydrogens is 284 g/mol. The number of carbonyl (C=O) groups excluding carboxylic acids is 2. The highest BCUT2D eigenvalue weighted by Gasteiger charge is 2.24. The molecule has 1 rings (SSSR count). The number of amides is 1. The van der Waals surface area contributed by atoms with E-state index < -0.39 is 24.0 Å². The predicted molar refractivity (Wildman–Crippen MR) is 72.0 cm³/mol. The number of carboxylic acid groups (broad SMARTS) is 1. The second-order valence-corrected chi connectivity index (χ2v) is 5.34. The number of aliphatic carboxylic acids is 1. The van der Waals surface area contributed by atoms with E-state index in [0.717, 1.165) is 11.8 Å². The summed E-state index contributed by atoms with van der Waals surface area (Å²) >= 11 is 0.899. The van der Waals surface area contributed by atoms with Gasteiger partial charge in [-0.05, 0) is 18.7 Å². The highest BCUT2D eigenvalue weighted by Crippen LogP contribution is 2.20. The number of aromatic nitrogens is 2. The Kier molecular flexibility index (Phi) is 5.71. The van der Waals surface area contributed by atoms with Crippen LogP contribution in [-0.4, -0.2) is 44.1 Å². The van der Waals surface area contributed by atoms with Crippen molar-refractivity contribution in [3.63, 3.8) is 0 Å². The van der Waals surface area contributed by atoms with E-state index in [2.05, 4.69) is 15.3 Å². The maximum Gasteiger partial charge on any atom is 0.326 e. The van der Waals surface area contributed by atoms with E-state index in [1.165, 1.54) is 20.2 Å². The van der Waals surface area contributed by atoms with Gasteiger partial charge in [-0.1, -0.05) is 0 Å². The molecule has 0 spiro atoms. The Bertz CT molecular complexity index is 514. The Morgan fingerprint density at radius 3 is 2.70 bits per heavy atom. The molecule has 9 heteroatoms. The van der Waals surface area contributed by atoms with Crippen molar-refractivity contribution in [1.29, 1.82) is 0 Å². The van der Waals surface area contributed by atoms with Crippen molar-refractivity contribution in [3.05, 3.63) is 12.0 Å². The van der Waals surface area contributed by atoms with E-state index in [1.54, 1.807) is 0 Å². The zero-order chi connectivity index (χ0) is 15.3. The largest absolute Gasteiger partial charge is 0.480 e. The Labute approximate surface area is 119 Å². The summed E-state index contributed by atoms with van der Waals surface area (Å²) in [5.41, 5.74) is 5.85. The molecule has 1 aromatic heterocycles. The van der Waals surface area contributed by atoms with Gasteiger partial charge in [0.15, 0.2) is 5.12 Å². The van der Waals surface area contributed by atoms with Crippen LogP contribution >= 0.6 is 11.8 Å². The van der Waals surface area contributed by atoms with Crippen molar-refractivity contribution >= 4 is 28.8 Å². The Balaban J connectivity index is 2.81. The first-order valence-electron chi connectivity index (χ1n) is 5.80. The highest BCUT2D eigenvalue weighted by molar-refractivity contribution is 8.13. The van der Waals surface area contributed by atoms with Gasteiger partial charge in [0, 0.05) is 13.3 Å². The van der Waals surface area contributed by atoms with Crippen LogP contribution in [-0.2, 0) is 20.8 Å². The smallest absolute Gasteiger partial charge is 0.326 e. The molecule has 1 amide bonds. The van der Waals surface area contributed by atoms with Crippen molar-refractivity contribution in [3.8, 4) is 0 Å². The Morgan fingerprint density at radius 2 is 2.20 bits per heavy atom. The number of carbonyl (C=O) groups is 3. The fourth-order valence-corrected chi connectivity index (χ4v) is 2.03. The average Bonchev–Trinajstić information content (AvgIpc) is 2.74. The minimum atomic E-state index is -1.19. The zero-order valence-corrected chi connectivity index (χ0v) is 11.9. The molecular formula is C11H16N4O4S. The molecule has 0 bridgehead atoms. The van der Waals surface area contributed by atoms with E-state index in [4.69, 9.17) is 10.8 Å².